The third kappa shape index (κ3) is 11.5. The van der Waals surface area contributed by atoms with Crippen LogP contribution in [0.15, 0.2) is 29.3 Å². The average molecular weight is 558 g/mol. The Labute approximate surface area is 197 Å². The van der Waals surface area contributed by atoms with Crippen molar-refractivity contribution in [1.82, 2.24) is 15.5 Å². The Kier molecular flexibility index (Phi) is 12.2. The van der Waals surface area contributed by atoms with E-state index in [0.29, 0.717) is 24.6 Å². The molecule has 2 rings (SSSR count). The Morgan fingerprint density at radius 2 is 2.03 bits per heavy atom. The quantitative estimate of drug-likeness (QED) is 0.277. The predicted octanol–water partition coefficient (Wildman–Crippen LogP) is 2.69. The number of carbonyl (C=O) groups excluding carboxylic acids is 1. The number of benzene rings is 1. The molecular weight excluding hydrogens is 528 g/mol. The van der Waals surface area contributed by atoms with Crippen molar-refractivity contribution in [2.24, 2.45) is 4.99 Å². The molecule has 2 N–H and O–H groups in total. The Bertz CT molecular complexity index is 711. The zero-order chi connectivity index (χ0) is 22.0. The highest BCUT2D eigenvalue weighted by Crippen LogP contribution is 2.16. The van der Waals surface area contributed by atoms with Gasteiger partial charge in [0.15, 0.2) is 5.96 Å². The largest absolute Gasteiger partial charge is 0.411 e. The second-order valence-electron chi connectivity index (χ2n) is 7.25. The number of rotatable bonds is 9. The van der Waals surface area contributed by atoms with Crippen molar-refractivity contribution in [3.8, 4) is 0 Å². The van der Waals surface area contributed by atoms with Gasteiger partial charge in [-0.15, -0.1) is 24.0 Å². The topological polar surface area (TPSA) is 75.2 Å². The smallest absolute Gasteiger partial charge is 0.376 e. The molecule has 11 heteroatoms. The standard InChI is InChI=1S/C20H29F3N4O3.HI/c1-27(2)18(28)12-26-19(25-11-17-7-4-8-30-17)24-10-15-5-3-6-16(9-15)13-29-14-20(21,22)23;/h3,5-6,9,17H,4,7-8,10-14H2,1-2H3,(H2,24,25,26);1H. The molecule has 176 valence electrons. The van der Waals surface area contributed by atoms with Crippen molar-refractivity contribution in [3.05, 3.63) is 35.4 Å². The molecular formula is C20H30F3IN4O3. The number of amides is 1. The number of halogens is 4. The molecule has 0 bridgehead atoms. The number of nitrogens with one attached hydrogen (secondary N) is 2. The van der Waals surface area contributed by atoms with Gasteiger partial charge in [0.05, 0.1) is 25.8 Å². The highest BCUT2D eigenvalue weighted by molar-refractivity contribution is 14.0. The van der Waals surface area contributed by atoms with Crippen LogP contribution in [0.1, 0.15) is 24.0 Å². The summed E-state index contributed by atoms with van der Waals surface area (Å²) in [6.07, 6.45) is -2.25. The maximum absolute atomic E-state index is 12.2. The van der Waals surface area contributed by atoms with E-state index >= 15 is 0 Å². The maximum atomic E-state index is 12.2. The van der Waals surface area contributed by atoms with Crippen LogP contribution in [0.4, 0.5) is 13.2 Å². The van der Waals surface area contributed by atoms with Crippen LogP contribution in [0.2, 0.25) is 0 Å². The van der Waals surface area contributed by atoms with Crippen LogP contribution in [0.3, 0.4) is 0 Å². The lowest BCUT2D eigenvalue weighted by molar-refractivity contribution is -0.176. The van der Waals surface area contributed by atoms with E-state index in [1.54, 1.807) is 32.3 Å². The van der Waals surface area contributed by atoms with Gasteiger partial charge in [-0.05, 0) is 24.0 Å². The third-order valence-corrected chi connectivity index (χ3v) is 4.37. The number of hydrogen-bond donors (Lipinski definition) is 2. The van der Waals surface area contributed by atoms with Gasteiger partial charge in [-0.3, -0.25) is 4.79 Å². The van der Waals surface area contributed by atoms with Gasteiger partial charge in [-0.2, -0.15) is 13.2 Å². The summed E-state index contributed by atoms with van der Waals surface area (Å²) in [5.41, 5.74) is 1.46. The molecule has 1 heterocycles. The Hall–Kier alpha value is -1.60. The molecule has 1 fully saturated rings. The summed E-state index contributed by atoms with van der Waals surface area (Å²) in [6, 6.07) is 7.04. The highest BCUT2D eigenvalue weighted by Gasteiger charge is 2.27. The highest BCUT2D eigenvalue weighted by atomic mass is 127. The first-order valence-corrected chi connectivity index (χ1v) is 9.79. The zero-order valence-electron chi connectivity index (χ0n) is 17.7. The predicted molar refractivity (Wildman–Crippen MR) is 122 cm³/mol. The van der Waals surface area contributed by atoms with Crippen LogP contribution in [0, 0.1) is 0 Å². The van der Waals surface area contributed by atoms with E-state index in [-0.39, 0.29) is 49.1 Å². The monoisotopic (exact) mass is 558 g/mol. The van der Waals surface area contributed by atoms with Crippen molar-refractivity contribution in [1.29, 1.82) is 0 Å². The summed E-state index contributed by atoms with van der Waals surface area (Å²) in [5.74, 6) is 0.379. The first-order valence-electron chi connectivity index (χ1n) is 9.79. The molecule has 0 aromatic heterocycles. The van der Waals surface area contributed by atoms with Crippen LogP contribution in [0.25, 0.3) is 0 Å². The van der Waals surface area contributed by atoms with Crippen molar-refractivity contribution in [3.63, 3.8) is 0 Å². The number of nitrogens with zero attached hydrogens (tertiary/aromatic N) is 2. The summed E-state index contributed by atoms with van der Waals surface area (Å²) in [7, 11) is 3.35. The number of carbonyl (C=O) groups is 1. The van der Waals surface area contributed by atoms with E-state index in [9.17, 15) is 18.0 Å². The minimum atomic E-state index is -4.35. The second kappa shape index (κ2) is 13.7. The van der Waals surface area contributed by atoms with E-state index in [4.69, 9.17) is 9.47 Å². The van der Waals surface area contributed by atoms with Crippen molar-refractivity contribution in [2.45, 2.75) is 38.3 Å². The number of hydrogen-bond acceptors (Lipinski definition) is 4. The number of ether oxygens (including phenoxy) is 2. The summed E-state index contributed by atoms with van der Waals surface area (Å²) in [6.45, 7) is 0.301. The molecule has 1 amide bonds. The summed E-state index contributed by atoms with van der Waals surface area (Å²) in [5, 5.41) is 6.19. The van der Waals surface area contributed by atoms with Crippen LogP contribution in [0.5, 0.6) is 0 Å². The molecule has 1 unspecified atom stereocenters. The van der Waals surface area contributed by atoms with Crippen molar-refractivity contribution >= 4 is 35.8 Å². The molecule has 0 radical (unpaired) electrons. The molecule has 0 spiro atoms. The van der Waals surface area contributed by atoms with Crippen LogP contribution < -0.4 is 10.6 Å². The van der Waals surface area contributed by atoms with Gasteiger partial charge in [0, 0.05) is 27.2 Å². The molecule has 1 saturated heterocycles. The van der Waals surface area contributed by atoms with E-state index in [2.05, 4.69) is 15.6 Å². The van der Waals surface area contributed by atoms with Crippen LogP contribution in [-0.4, -0.2) is 69.4 Å². The number of aliphatic imine (C=N–C) groups is 1. The SMILES string of the molecule is CN(C)C(=O)CNC(=NCc1cccc(COCC(F)(F)F)c1)NCC1CCCO1.I. The van der Waals surface area contributed by atoms with Crippen LogP contribution >= 0.6 is 24.0 Å². The molecule has 1 aromatic carbocycles. The minimum absolute atomic E-state index is 0. The van der Waals surface area contributed by atoms with Gasteiger partial charge < -0.3 is 25.0 Å². The number of likely N-dealkylation sites (N-methyl/N-ethyl adjacent to an activating group) is 1. The molecule has 0 saturated carbocycles. The lowest BCUT2D eigenvalue weighted by Gasteiger charge is -2.17. The van der Waals surface area contributed by atoms with E-state index in [1.807, 2.05) is 6.07 Å². The lowest BCUT2D eigenvalue weighted by atomic mass is 10.1. The first-order chi connectivity index (χ1) is 14.2. The fourth-order valence-electron chi connectivity index (χ4n) is 2.78. The molecule has 1 aliphatic heterocycles. The van der Waals surface area contributed by atoms with E-state index in [0.717, 1.165) is 25.0 Å². The number of guanidine groups is 1. The van der Waals surface area contributed by atoms with Crippen LogP contribution in [-0.2, 0) is 27.4 Å². The van der Waals surface area contributed by atoms with Crippen molar-refractivity contribution < 1.29 is 27.4 Å². The van der Waals surface area contributed by atoms with Crippen molar-refractivity contribution in [2.75, 3.05) is 40.4 Å². The van der Waals surface area contributed by atoms with Gasteiger partial charge in [-0.1, -0.05) is 24.3 Å². The van der Waals surface area contributed by atoms with Gasteiger partial charge in [0.2, 0.25) is 5.91 Å². The first kappa shape index (κ1) is 27.4. The van der Waals surface area contributed by atoms with Gasteiger partial charge in [0.1, 0.15) is 6.61 Å². The maximum Gasteiger partial charge on any atom is 0.411 e. The fraction of sp³-hybridized carbons (Fsp3) is 0.600. The van der Waals surface area contributed by atoms with E-state index in [1.165, 1.54) is 4.90 Å². The molecule has 1 aromatic rings. The Morgan fingerprint density at radius 3 is 2.68 bits per heavy atom. The normalized spacial score (nSPS) is 16.5. The third-order valence-electron chi connectivity index (χ3n) is 4.37. The Balaban J connectivity index is 0.00000480. The summed E-state index contributed by atoms with van der Waals surface area (Å²) >= 11 is 0. The van der Waals surface area contributed by atoms with Gasteiger partial charge >= 0.3 is 6.18 Å². The molecule has 1 aliphatic rings. The molecule has 1 atom stereocenters. The fourth-order valence-corrected chi connectivity index (χ4v) is 2.78. The minimum Gasteiger partial charge on any atom is -0.376 e. The summed E-state index contributed by atoms with van der Waals surface area (Å²) < 4.78 is 47.0. The Morgan fingerprint density at radius 1 is 1.29 bits per heavy atom. The summed E-state index contributed by atoms with van der Waals surface area (Å²) in [4.78, 5) is 17.8. The number of alkyl halides is 3. The molecule has 0 aliphatic carbocycles. The van der Waals surface area contributed by atoms with Gasteiger partial charge in [-0.25, -0.2) is 4.99 Å². The van der Waals surface area contributed by atoms with Gasteiger partial charge in [0.25, 0.3) is 0 Å². The zero-order valence-corrected chi connectivity index (χ0v) is 20.0. The average Bonchev–Trinajstić information content (AvgIpc) is 3.20. The second-order valence-corrected chi connectivity index (χ2v) is 7.25. The van der Waals surface area contributed by atoms with E-state index < -0.39 is 12.8 Å². The molecule has 7 nitrogen and oxygen atoms in total. The molecule has 31 heavy (non-hydrogen) atoms. The lowest BCUT2D eigenvalue weighted by Crippen LogP contribution is -2.45.